The van der Waals surface area contributed by atoms with Gasteiger partial charge in [-0.3, -0.25) is 4.79 Å². The molecule has 2 aromatic heterocycles. The number of carbonyl (C=O) groups excluding carboxylic acids is 1. The highest BCUT2D eigenvalue weighted by Gasteiger charge is 2.41. The first-order valence-corrected chi connectivity index (χ1v) is 12.6. The summed E-state index contributed by atoms with van der Waals surface area (Å²) in [7, 11) is 0. The number of nitrogens with one attached hydrogen (secondary N) is 1. The number of benzene rings is 2. The van der Waals surface area contributed by atoms with Crippen LogP contribution in [-0.2, 0) is 0 Å². The summed E-state index contributed by atoms with van der Waals surface area (Å²) in [6, 6.07) is 17.5. The van der Waals surface area contributed by atoms with E-state index in [1.807, 2.05) is 54.6 Å². The molecule has 36 heavy (non-hydrogen) atoms. The van der Waals surface area contributed by atoms with Crippen LogP contribution >= 0.6 is 0 Å². The summed E-state index contributed by atoms with van der Waals surface area (Å²) < 4.78 is 2.32. The molecule has 2 aliphatic rings. The number of likely N-dealkylation sites (tertiary alicyclic amines) is 1. The van der Waals surface area contributed by atoms with Crippen molar-refractivity contribution in [1.82, 2.24) is 19.4 Å². The molecule has 0 spiro atoms. The number of rotatable bonds is 5. The van der Waals surface area contributed by atoms with Crippen LogP contribution in [0, 0.1) is 11.8 Å². The zero-order valence-corrected chi connectivity index (χ0v) is 20.3. The van der Waals surface area contributed by atoms with E-state index < -0.39 is 0 Å². The number of para-hydroxylation sites is 1. The molecule has 3 N–H and O–H groups in total. The van der Waals surface area contributed by atoms with Gasteiger partial charge in [-0.05, 0) is 67.6 Å². The SMILES string of the molecule is CC=CN1CC2CC(n3cc(-c4ccc(C(=O)Nc5ccccc5)cc4)c4c(N)ncnc43)CC2C1. The first kappa shape index (κ1) is 22.3. The van der Waals surface area contributed by atoms with Gasteiger partial charge in [0.05, 0.1) is 5.39 Å². The monoisotopic (exact) mass is 478 g/mol. The molecule has 2 aromatic carbocycles. The Morgan fingerprint density at radius 1 is 1.03 bits per heavy atom. The number of nitrogens with zero attached hydrogens (tertiary/aromatic N) is 4. The van der Waals surface area contributed by atoms with E-state index in [1.54, 1.807) is 6.33 Å². The lowest BCUT2D eigenvalue weighted by molar-refractivity contribution is 0.102. The minimum atomic E-state index is -0.137. The van der Waals surface area contributed by atoms with E-state index in [1.165, 1.54) is 0 Å². The van der Waals surface area contributed by atoms with Crippen molar-refractivity contribution in [2.45, 2.75) is 25.8 Å². The predicted molar refractivity (Wildman–Crippen MR) is 143 cm³/mol. The number of allylic oxidation sites excluding steroid dienone is 1. The zero-order chi connectivity index (χ0) is 24.6. The summed E-state index contributed by atoms with van der Waals surface area (Å²) in [6.45, 7) is 4.33. The van der Waals surface area contributed by atoms with Crippen LogP contribution < -0.4 is 11.1 Å². The summed E-state index contributed by atoms with van der Waals surface area (Å²) >= 11 is 0. The second kappa shape index (κ2) is 9.15. The van der Waals surface area contributed by atoms with Gasteiger partial charge in [-0.15, -0.1) is 0 Å². The normalized spacial score (nSPS) is 21.4. The van der Waals surface area contributed by atoms with Crippen molar-refractivity contribution < 1.29 is 4.79 Å². The number of fused-ring (bicyclic) bond motifs is 2. The zero-order valence-electron chi connectivity index (χ0n) is 20.3. The quantitative estimate of drug-likeness (QED) is 0.404. The summed E-state index contributed by atoms with van der Waals surface area (Å²) in [5, 5.41) is 3.82. The smallest absolute Gasteiger partial charge is 0.255 e. The Labute approximate surface area is 210 Å². The fraction of sp³-hybridized carbons (Fsp3) is 0.276. The molecule has 0 radical (unpaired) electrons. The first-order valence-electron chi connectivity index (χ1n) is 12.6. The minimum Gasteiger partial charge on any atom is -0.383 e. The molecule has 7 heteroatoms. The van der Waals surface area contributed by atoms with Crippen LogP contribution in [0.2, 0.25) is 0 Å². The number of hydrogen-bond donors (Lipinski definition) is 2. The van der Waals surface area contributed by atoms with Gasteiger partial charge in [-0.1, -0.05) is 36.4 Å². The van der Waals surface area contributed by atoms with Crippen LogP contribution in [0.25, 0.3) is 22.2 Å². The van der Waals surface area contributed by atoms with Crippen molar-refractivity contribution in [3.63, 3.8) is 0 Å². The van der Waals surface area contributed by atoms with Gasteiger partial charge in [0.15, 0.2) is 0 Å². The number of amides is 1. The third-order valence-corrected chi connectivity index (χ3v) is 7.64. The Morgan fingerprint density at radius 3 is 2.44 bits per heavy atom. The average Bonchev–Trinajstić information content (AvgIpc) is 3.57. The average molecular weight is 479 g/mol. The van der Waals surface area contributed by atoms with Gasteiger partial charge >= 0.3 is 0 Å². The molecule has 2 fully saturated rings. The van der Waals surface area contributed by atoms with Crippen molar-refractivity contribution in [2.75, 3.05) is 24.1 Å². The summed E-state index contributed by atoms with van der Waals surface area (Å²) in [4.78, 5) is 24.1. The van der Waals surface area contributed by atoms with Crippen molar-refractivity contribution in [3.05, 3.63) is 85.0 Å². The van der Waals surface area contributed by atoms with Gasteiger partial charge in [0.25, 0.3) is 5.91 Å². The van der Waals surface area contributed by atoms with Gasteiger partial charge in [-0.2, -0.15) is 0 Å². The molecule has 7 nitrogen and oxygen atoms in total. The van der Waals surface area contributed by atoms with Crippen molar-refractivity contribution in [3.8, 4) is 11.1 Å². The van der Waals surface area contributed by atoms with Gasteiger partial charge in [0.2, 0.25) is 0 Å². The summed E-state index contributed by atoms with van der Waals surface area (Å²) in [6.07, 6.45) is 10.4. The molecule has 1 saturated heterocycles. The number of carbonyl (C=O) groups is 1. The van der Waals surface area contributed by atoms with E-state index >= 15 is 0 Å². The standard InChI is InChI=1S/C29H30N6O/c1-2-12-34-15-21-13-24(14-22(21)16-34)35-17-25(26-27(30)31-18-32-28(26)35)19-8-10-20(11-9-19)29(36)33-23-6-4-3-5-7-23/h2-12,17-18,21-22,24H,13-16H2,1H3,(H,33,36)(H2,30,31,32). The Hall–Kier alpha value is -4.13. The summed E-state index contributed by atoms with van der Waals surface area (Å²) in [5.41, 5.74) is 10.6. The first-order chi connectivity index (χ1) is 17.6. The van der Waals surface area contributed by atoms with Crippen LogP contribution in [0.3, 0.4) is 0 Å². The van der Waals surface area contributed by atoms with Crippen LogP contribution in [0.5, 0.6) is 0 Å². The van der Waals surface area contributed by atoms with Crippen LogP contribution in [0.15, 0.2) is 79.4 Å². The molecule has 1 amide bonds. The molecule has 1 aliphatic carbocycles. The number of hydrogen-bond acceptors (Lipinski definition) is 5. The molecule has 0 bridgehead atoms. The van der Waals surface area contributed by atoms with Gasteiger partial charge in [0, 0.05) is 42.1 Å². The van der Waals surface area contributed by atoms with Crippen LogP contribution in [0.1, 0.15) is 36.2 Å². The van der Waals surface area contributed by atoms with E-state index in [0.717, 1.165) is 53.8 Å². The van der Waals surface area contributed by atoms with Crippen LogP contribution in [0.4, 0.5) is 11.5 Å². The lowest BCUT2D eigenvalue weighted by Crippen LogP contribution is -2.16. The van der Waals surface area contributed by atoms with Gasteiger partial charge < -0.3 is 20.5 Å². The third kappa shape index (κ3) is 4.00. The van der Waals surface area contributed by atoms with E-state index in [-0.39, 0.29) is 5.91 Å². The molecule has 4 aromatic rings. The number of nitrogens with two attached hydrogens (primary N) is 1. The van der Waals surface area contributed by atoms with Crippen LogP contribution in [-0.4, -0.2) is 38.4 Å². The maximum atomic E-state index is 12.7. The number of nitrogen functional groups attached to an aromatic ring is 1. The molecule has 2 unspecified atom stereocenters. The van der Waals surface area contributed by atoms with E-state index in [0.29, 0.717) is 29.3 Å². The molecule has 1 saturated carbocycles. The van der Waals surface area contributed by atoms with Crippen molar-refractivity contribution in [1.29, 1.82) is 0 Å². The molecular weight excluding hydrogens is 448 g/mol. The Kier molecular flexibility index (Phi) is 5.68. The lowest BCUT2D eigenvalue weighted by Gasteiger charge is -2.18. The minimum absolute atomic E-state index is 0.137. The highest BCUT2D eigenvalue weighted by atomic mass is 16.1. The van der Waals surface area contributed by atoms with Crippen molar-refractivity contribution >= 4 is 28.4 Å². The third-order valence-electron chi connectivity index (χ3n) is 7.64. The largest absolute Gasteiger partial charge is 0.383 e. The molecule has 1 aliphatic heterocycles. The maximum absolute atomic E-state index is 12.7. The highest BCUT2D eigenvalue weighted by Crippen LogP contribution is 2.46. The molecular formula is C29H30N6O. The molecule has 182 valence electrons. The lowest BCUT2D eigenvalue weighted by atomic mass is 10.0. The Morgan fingerprint density at radius 2 is 1.75 bits per heavy atom. The van der Waals surface area contributed by atoms with Crippen molar-refractivity contribution in [2.24, 2.45) is 11.8 Å². The Bertz CT molecular complexity index is 1410. The van der Waals surface area contributed by atoms with Gasteiger partial charge in [0.1, 0.15) is 17.8 Å². The fourth-order valence-corrected chi connectivity index (χ4v) is 6.00. The topological polar surface area (TPSA) is 89.1 Å². The van der Waals surface area contributed by atoms with E-state index in [4.69, 9.17) is 5.73 Å². The Balaban J connectivity index is 1.28. The molecule has 6 rings (SSSR count). The van der Waals surface area contributed by atoms with Gasteiger partial charge in [-0.25, -0.2) is 9.97 Å². The maximum Gasteiger partial charge on any atom is 0.255 e. The molecule has 2 atom stereocenters. The second-order valence-corrected chi connectivity index (χ2v) is 9.89. The second-order valence-electron chi connectivity index (χ2n) is 9.89. The number of aromatic nitrogens is 3. The van der Waals surface area contributed by atoms with E-state index in [9.17, 15) is 4.79 Å². The fourth-order valence-electron chi connectivity index (χ4n) is 6.00. The molecule has 3 heterocycles. The highest BCUT2D eigenvalue weighted by molar-refractivity contribution is 6.05. The van der Waals surface area contributed by atoms with E-state index in [2.05, 4.69) is 50.1 Å². The summed E-state index contributed by atoms with van der Waals surface area (Å²) in [5.74, 6) is 1.75. The number of anilines is 2. The predicted octanol–water partition coefficient (Wildman–Crippen LogP) is 5.35.